The van der Waals surface area contributed by atoms with Crippen LogP contribution in [0.3, 0.4) is 0 Å². The number of nitrogens with zero attached hydrogens (tertiary/aromatic N) is 1. The molecule has 2 aliphatic carbocycles. The topological polar surface area (TPSA) is 49.8 Å². The zero-order valence-electron chi connectivity index (χ0n) is 16.7. The molecule has 1 aliphatic heterocycles. The van der Waals surface area contributed by atoms with Crippen molar-refractivity contribution in [2.24, 2.45) is 11.3 Å². The van der Waals surface area contributed by atoms with E-state index < -0.39 is 5.60 Å². The molecule has 2 saturated carbocycles. The van der Waals surface area contributed by atoms with Crippen LogP contribution in [-0.2, 0) is 4.79 Å². The molecule has 1 amide bonds. The molecular weight excluding hydrogens is 338 g/mol. The molecule has 4 rings (SSSR count). The van der Waals surface area contributed by atoms with E-state index in [1.807, 2.05) is 43.0 Å². The van der Waals surface area contributed by atoms with Crippen molar-refractivity contribution in [2.75, 3.05) is 11.4 Å². The maximum Gasteiger partial charge on any atom is 0.233 e. The van der Waals surface area contributed by atoms with E-state index in [9.17, 15) is 9.90 Å². The van der Waals surface area contributed by atoms with E-state index in [-0.39, 0.29) is 17.4 Å². The van der Waals surface area contributed by atoms with Crippen LogP contribution >= 0.6 is 0 Å². The monoisotopic (exact) mass is 371 g/mol. The van der Waals surface area contributed by atoms with Crippen molar-refractivity contribution in [1.29, 1.82) is 0 Å². The van der Waals surface area contributed by atoms with Crippen molar-refractivity contribution in [3.8, 4) is 5.75 Å². The molecule has 1 aromatic carbocycles. The van der Waals surface area contributed by atoms with Crippen molar-refractivity contribution in [2.45, 2.75) is 83.3 Å². The molecule has 27 heavy (non-hydrogen) atoms. The highest BCUT2D eigenvalue weighted by atomic mass is 16.5. The van der Waals surface area contributed by atoms with Crippen LogP contribution in [0.2, 0.25) is 0 Å². The lowest BCUT2D eigenvalue weighted by molar-refractivity contribution is -0.133. The van der Waals surface area contributed by atoms with Crippen LogP contribution in [0.4, 0.5) is 5.69 Å². The predicted molar refractivity (Wildman–Crippen MR) is 107 cm³/mol. The quantitative estimate of drug-likeness (QED) is 0.835. The average Bonchev–Trinajstić information content (AvgIpc) is 3.29. The second-order valence-corrected chi connectivity index (χ2v) is 9.23. The smallest absolute Gasteiger partial charge is 0.233 e. The Bertz CT molecular complexity index is 667. The molecule has 1 heterocycles. The lowest BCUT2D eigenvalue weighted by atomic mass is 9.64. The molecule has 4 nitrogen and oxygen atoms in total. The number of carbonyl (C=O) groups is 1. The Morgan fingerprint density at radius 2 is 1.67 bits per heavy atom. The van der Waals surface area contributed by atoms with Gasteiger partial charge in [0.25, 0.3) is 0 Å². The lowest BCUT2D eigenvalue weighted by Gasteiger charge is -2.44. The predicted octanol–water partition coefficient (Wildman–Crippen LogP) is 4.69. The average molecular weight is 372 g/mol. The molecule has 1 N–H and O–H groups in total. The zero-order valence-corrected chi connectivity index (χ0v) is 16.7. The maximum absolute atomic E-state index is 13.3. The Morgan fingerprint density at radius 3 is 2.26 bits per heavy atom. The summed E-state index contributed by atoms with van der Waals surface area (Å²) in [7, 11) is 0. The lowest BCUT2D eigenvalue weighted by Crippen LogP contribution is -2.46. The Hall–Kier alpha value is -1.55. The van der Waals surface area contributed by atoms with Crippen molar-refractivity contribution >= 4 is 11.6 Å². The molecule has 148 valence electrons. The van der Waals surface area contributed by atoms with Gasteiger partial charge in [0, 0.05) is 12.2 Å². The van der Waals surface area contributed by atoms with E-state index >= 15 is 0 Å². The van der Waals surface area contributed by atoms with Gasteiger partial charge in [0.1, 0.15) is 5.75 Å². The molecular formula is C23H33NO3. The first-order valence-corrected chi connectivity index (χ1v) is 10.7. The van der Waals surface area contributed by atoms with E-state index in [0.29, 0.717) is 5.92 Å². The second kappa shape index (κ2) is 7.12. The van der Waals surface area contributed by atoms with Crippen molar-refractivity contribution in [1.82, 2.24) is 0 Å². The van der Waals surface area contributed by atoms with Gasteiger partial charge in [0.2, 0.25) is 5.91 Å². The molecule has 3 fully saturated rings. The van der Waals surface area contributed by atoms with Crippen LogP contribution in [-0.4, -0.2) is 29.3 Å². The van der Waals surface area contributed by atoms with Crippen LogP contribution < -0.4 is 9.64 Å². The molecule has 0 atom stereocenters. The summed E-state index contributed by atoms with van der Waals surface area (Å²) in [6.07, 6.45) is 9.14. The molecule has 0 unspecified atom stereocenters. The minimum Gasteiger partial charge on any atom is -0.491 e. The number of carbonyl (C=O) groups excluding carboxylic acids is 1. The van der Waals surface area contributed by atoms with E-state index in [4.69, 9.17) is 4.74 Å². The first-order valence-electron chi connectivity index (χ1n) is 10.7. The summed E-state index contributed by atoms with van der Waals surface area (Å²) in [5.41, 5.74) is 0.188. The number of rotatable bonds is 4. The largest absolute Gasteiger partial charge is 0.491 e. The van der Waals surface area contributed by atoms with Crippen LogP contribution in [0.15, 0.2) is 24.3 Å². The zero-order chi connectivity index (χ0) is 19.1. The Labute approximate surface area is 162 Å². The third-order valence-electron chi connectivity index (χ3n) is 7.22. The third kappa shape index (κ3) is 3.49. The van der Waals surface area contributed by atoms with Gasteiger partial charge in [-0.15, -0.1) is 0 Å². The highest BCUT2D eigenvalue weighted by Crippen LogP contribution is 2.52. The Kier molecular flexibility index (Phi) is 4.96. The highest BCUT2D eigenvalue weighted by Gasteiger charge is 2.53. The summed E-state index contributed by atoms with van der Waals surface area (Å²) in [4.78, 5) is 15.2. The summed E-state index contributed by atoms with van der Waals surface area (Å²) >= 11 is 0. The fourth-order valence-electron chi connectivity index (χ4n) is 5.54. The van der Waals surface area contributed by atoms with Gasteiger partial charge in [-0.1, -0.05) is 12.8 Å². The number of hydrogen-bond donors (Lipinski definition) is 1. The summed E-state index contributed by atoms with van der Waals surface area (Å²) in [5, 5.41) is 11.1. The first-order chi connectivity index (χ1) is 12.9. The molecule has 1 aromatic rings. The Morgan fingerprint density at radius 1 is 1.04 bits per heavy atom. The van der Waals surface area contributed by atoms with E-state index in [0.717, 1.165) is 62.9 Å². The van der Waals surface area contributed by atoms with E-state index in [2.05, 4.69) is 0 Å². The SMILES string of the molecule is CC(C)Oc1ccc(N2CC[C@]3(CC[C@](O)(C4CCCC4)CC3)C2=O)cc1. The van der Waals surface area contributed by atoms with Gasteiger partial charge in [-0.3, -0.25) is 4.79 Å². The molecule has 0 radical (unpaired) electrons. The van der Waals surface area contributed by atoms with Crippen LogP contribution in [0.1, 0.15) is 71.6 Å². The number of amides is 1. The molecule has 3 aliphatic rings. The number of anilines is 1. The van der Waals surface area contributed by atoms with Crippen molar-refractivity contribution in [3.05, 3.63) is 24.3 Å². The fourth-order valence-corrected chi connectivity index (χ4v) is 5.54. The van der Waals surface area contributed by atoms with Crippen LogP contribution in [0.25, 0.3) is 0 Å². The third-order valence-corrected chi connectivity index (χ3v) is 7.22. The summed E-state index contributed by atoms with van der Waals surface area (Å²) in [5.74, 6) is 1.55. The van der Waals surface area contributed by atoms with Gasteiger partial charge in [0.05, 0.1) is 17.1 Å². The van der Waals surface area contributed by atoms with E-state index in [1.54, 1.807) is 0 Å². The van der Waals surface area contributed by atoms with Gasteiger partial charge in [-0.05, 0) is 89.0 Å². The minimum atomic E-state index is -0.523. The van der Waals surface area contributed by atoms with Gasteiger partial charge in [-0.25, -0.2) is 0 Å². The first kappa shape index (κ1) is 18.8. The summed E-state index contributed by atoms with van der Waals surface area (Å²) < 4.78 is 5.71. The maximum atomic E-state index is 13.3. The second-order valence-electron chi connectivity index (χ2n) is 9.23. The molecule has 4 heteroatoms. The van der Waals surface area contributed by atoms with Crippen LogP contribution in [0.5, 0.6) is 5.75 Å². The Balaban J connectivity index is 1.43. The highest BCUT2D eigenvalue weighted by molar-refractivity contribution is 6.00. The normalized spacial score (nSPS) is 32.0. The molecule has 0 aromatic heterocycles. The number of benzene rings is 1. The minimum absolute atomic E-state index is 0.147. The molecule has 1 saturated heterocycles. The molecule has 1 spiro atoms. The summed E-state index contributed by atoms with van der Waals surface area (Å²) in [6.45, 7) is 4.81. The van der Waals surface area contributed by atoms with Gasteiger partial charge in [-0.2, -0.15) is 0 Å². The fraction of sp³-hybridized carbons (Fsp3) is 0.696. The molecule has 0 bridgehead atoms. The number of hydrogen-bond acceptors (Lipinski definition) is 3. The van der Waals surface area contributed by atoms with Gasteiger partial charge < -0.3 is 14.7 Å². The van der Waals surface area contributed by atoms with Crippen molar-refractivity contribution in [3.63, 3.8) is 0 Å². The summed E-state index contributed by atoms with van der Waals surface area (Å²) in [6, 6.07) is 7.89. The number of aliphatic hydroxyl groups is 1. The van der Waals surface area contributed by atoms with Crippen LogP contribution in [0, 0.1) is 11.3 Å². The number of ether oxygens (including phenoxy) is 1. The van der Waals surface area contributed by atoms with Gasteiger partial charge >= 0.3 is 0 Å². The van der Waals surface area contributed by atoms with E-state index in [1.165, 1.54) is 12.8 Å². The van der Waals surface area contributed by atoms with Gasteiger partial charge in [0.15, 0.2) is 0 Å². The standard InChI is InChI=1S/C23H33NO3/c1-17(2)27-20-9-7-19(8-10-20)24-16-15-22(21(24)25)11-13-23(26,14-12-22)18-5-3-4-6-18/h7-10,17-18,26H,3-6,11-16H2,1-2H3/t22-,23-. The van der Waals surface area contributed by atoms with Crippen molar-refractivity contribution < 1.29 is 14.6 Å².